The lowest BCUT2D eigenvalue weighted by Gasteiger charge is -1.98. The number of rotatable bonds is 3. The van der Waals surface area contributed by atoms with Crippen molar-refractivity contribution in [2.45, 2.75) is 19.8 Å². The molecule has 7 nitrogen and oxygen atoms in total. The van der Waals surface area contributed by atoms with Crippen LogP contribution < -0.4 is 11.1 Å². The van der Waals surface area contributed by atoms with E-state index in [0.29, 0.717) is 11.0 Å². The van der Waals surface area contributed by atoms with E-state index in [1.54, 1.807) is 0 Å². The van der Waals surface area contributed by atoms with Gasteiger partial charge in [-0.3, -0.25) is 10.1 Å². The van der Waals surface area contributed by atoms with Crippen LogP contribution in [0.4, 0.5) is 10.9 Å². The Bertz CT molecular complexity index is 533. The van der Waals surface area contributed by atoms with Gasteiger partial charge in [0.25, 0.3) is 5.91 Å². The number of thiazole rings is 1. The third kappa shape index (κ3) is 2.41. The summed E-state index contributed by atoms with van der Waals surface area (Å²) in [5, 5.41) is 11.7. The molecule has 0 saturated heterocycles. The third-order valence-corrected chi connectivity index (χ3v) is 2.84. The molecule has 0 saturated carbocycles. The predicted octanol–water partition coefficient (Wildman–Crippen LogP) is 1.48. The normalized spacial score (nSPS) is 10.8. The van der Waals surface area contributed by atoms with Gasteiger partial charge in [0, 0.05) is 5.38 Å². The number of nitrogen functional groups attached to an aromatic ring is 1. The van der Waals surface area contributed by atoms with Crippen LogP contribution in [0.2, 0.25) is 0 Å². The minimum Gasteiger partial charge on any atom is -0.379 e. The lowest BCUT2D eigenvalue weighted by atomic mass is 10.2. The predicted molar refractivity (Wildman–Crippen MR) is 62.9 cm³/mol. The first-order chi connectivity index (χ1) is 8.08. The summed E-state index contributed by atoms with van der Waals surface area (Å²) < 4.78 is 4.34. The van der Waals surface area contributed by atoms with Crippen LogP contribution >= 0.6 is 11.3 Å². The van der Waals surface area contributed by atoms with Gasteiger partial charge in [-0.1, -0.05) is 13.8 Å². The highest BCUT2D eigenvalue weighted by Gasteiger charge is 2.17. The fourth-order valence-corrected chi connectivity index (χ4v) is 1.99. The van der Waals surface area contributed by atoms with Gasteiger partial charge in [-0.15, -0.1) is 11.3 Å². The summed E-state index contributed by atoms with van der Waals surface area (Å²) >= 11 is 1.35. The van der Waals surface area contributed by atoms with E-state index in [2.05, 4.69) is 25.2 Å². The number of nitrogens with zero attached hydrogens (tertiary/aromatic N) is 3. The van der Waals surface area contributed by atoms with Gasteiger partial charge in [0.2, 0.25) is 11.5 Å². The molecular formula is C9H11N5O2S. The second-order valence-electron chi connectivity index (χ2n) is 3.68. The van der Waals surface area contributed by atoms with Crippen molar-refractivity contribution >= 4 is 28.2 Å². The van der Waals surface area contributed by atoms with E-state index in [1.807, 2.05) is 19.2 Å². The molecular weight excluding hydrogens is 242 g/mol. The van der Waals surface area contributed by atoms with Gasteiger partial charge in [-0.05, 0) is 16.2 Å². The van der Waals surface area contributed by atoms with Crippen LogP contribution in [-0.4, -0.2) is 21.2 Å². The molecule has 0 unspecified atom stereocenters. The number of nitrogens with two attached hydrogens (primary N) is 1. The number of anilines is 2. The van der Waals surface area contributed by atoms with Gasteiger partial charge in [0.05, 0.1) is 5.69 Å². The van der Waals surface area contributed by atoms with Gasteiger partial charge in [-0.2, -0.15) is 0 Å². The van der Waals surface area contributed by atoms with Crippen molar-refractivity contribution in [2.75, 3.05) is 11.1 Å². The monoisotopic (exact) mass is 253 g/mol. The van der Waals surface area contributed by atoms with Crippen molar-refractivity contribution in [1.29, 1.82) is 0 Å². The van der Waals surface area contributed by atoms with Gasteiger partial charge in [0.15, 0.2) is 5.13 Å². The molecule has 0 fully saturated rings. The lowest BCUT2D eigenvalue weighted by Crippen LogP contribution is -2.14. The number of amides is 1. The molecule has 0 aromatic carbocycles. The van der Waals surface area contributed by atoms with Crippen LogP contribution in [0.15, 0.2) is 10.0 Å². The average molecular weight is 253 g/mol. The molecule has 0 aliphatic carbocycles. The van der Waals surface area contributed by atoms with E-state index in [9.17, 15) is 4.79 Å². The van der Waals surface area contributed by atoms with E-state index in [4.69, 9.17) is 5.73 Å². The average Bonchev–Trinajstić information content (AvgIpc) is 2.86. The third-order valence-electron chi connectivity index (χ3n) is 2.06. The first kappa shape index (κ1) is 11.5. The maximum atomic E-state index is 11.7. The van der Waals surface area contributed by atoms with Crippen molar-refractivity contribution in [2.24, 2.45) is 0 Å². The largest absolute Gasteiger partial charge is 0.379 e. The molecule has 0 radical (unpaired) electrons. The zero-order valence-electron chi connectivity index (χ0n) is 9.30. The van der Waals surface area contributed by atoms with Gasteiger partial charge in [0.1, 0.15) is 0 Å². The van der Waals surface area contributed by atoms with Gasteiger partial charge in [-0.25, -0.2) is 9.61 Å². The van der Waals surface area contributed by atoms with E-state index in [-0.39, 0.29) is 11.5 Å². The van der Waals surface area contributed by atoms with Crippen molar-refractivity contribution in [1.82, 2.24) is 15.3 Å². The number of hydrogen-bond acceptors (Lipinski definition) is 7. The highest BCUT2D eigenvalue weighted by atomic mass is 32.1. The Kier molecular flexibility index (Phi) is 3.05. The molecule has 0 atom stereocenters. The lowest BCUT2D eigenvalue weighted by molar-refractivity contribution is 0.101. The molecule has 2 heterocycles. The molecule has 0 aliphatic rings. The SMILES string of the molecule is CC(C)c1csc(NC(=O)c2nonc2N)n1. The number of nitrogens with one attached hydrogen (secondary N) is 1. The van der Waals surface area contributed by atoms with Crippen LogP contribution in [0.5, 0.6) is 0 Å². The van der Waals surface area contributed by atoms with Crippen LogP contribution in [-0.2, 0) is 0 Å². The number of aromatic nitrogens is 3. The fraction of sp³-hybridized carbons (Fsp3) is 0.333. The maximum Gasteiger partial charge on any atom is 0.283 e. The van der Waals surface area contributed by atoms with Crippen LogP contribution in [0.1, 0.15) is 35.9 Å². The van der Waals surface area contributed by atoms with Crippen molar-refractivity contribution in [3.63, 3.8) is 0 Å². The van der Waals surface area contributed by atoms with Crippen molar-refractivity contribution < 1.29 is 9.42 Å². The summed E-state index contributed by atoms with van der Waals surface area (Å²) in [6.07, 6.45) is 0. The molecule has 3 N–H and O–H groups in total. The highest BCUT2D eigenvalue weighted by Crippen LogP contribution is 2.22. The summed E-state index contributed by atoms with van der Waals surface area (Å²) in [5.41, 5.74) is 6.29. The smallest absolute Gasteiger partial charge is 0.283 e. The molecule has 2 aromatic heterocycles. The molecule has 2 aromatic rings. The van der Waals surface area contributed by atoms with E-state index >= 15 is 0 Å². The number of carbonyl (C=O) groups is 1. The molecule has 2 rings (SSSR count). The maximum absolute atomic E-state index is 11.7. The fourth-order valence-electron chi connectivity index (χ4n) is 1.12. The summed E-state index contributed by atoms with van der Waals surface area (Å²) in [6.45, 7) is 4.06. The minimum absolute atomic E-state index is 0.0358. The topological polar surface area (TPSA) is 107 Å². The molecule has 0 bridgehead atoms. The second-order valence-corrected chi connectivity index (χ2v) is 4.54. The Morgan fingerprint density at radius 3 is 2.82 bits per heavy atom. The summed E-state index contributed by atoms with van der Waals surface area (Å²) in [5.74, 6) is -0.202. The Hall–Kier alpha value is -1.96. The first-order valence-corrected chi connectivity index (χ1v) is 5.80. The van der Waals surface area contributed by atoms with Gasteiger partial charge < -0.3 is 5.73 Å². The Balaban J connectivity index is 2.11. The quantitative estimate of drug-likeness (QED) is 0.858. The number of hydrogen-bond donors (Lipinski definition) is 2. The van der Waals surface area contributed by atoms with Crippen LogP contribution in [0, 0.1) is 0 Å². The van der Waals surface area contributed by atoms with Crippen molar-refractivity contribution in [3.8, 4) is 0 Å². The summed E-state index contributed by atoms with van der Waals surface area (Å²) in [7, 11) is 0. The Labute approximate surface area is 101 Å². The molecule has 0 aliphatic heterocycles. The van der Waals surface area contributed by atoms with Crippen LogP contribution in [0.3, 0.4) is 0 Å². The van der Waals surface area contributed by atoms with E-state index < -0.39 is 5.91 Å². The number of carbonyl (C=O) groups excluding carboxylic acids is 1. The van der Waals surface area contributed by atoms with Crippen LogP contribution in [0.25, 0.3) is 0 Å². The Morgan fingerprint density at radius 2 is 2.29 bits per heavy atom. The van der Waals surface area contributed by atoms with E-state index in [0.717, 1.165) is 5.69 Å². The zero-order chi connectivity index (χ0) is 12.4. The second kappa shape index (κ2) is 4.50. The van der Waals surface area contributed by atoms with E-state index in [1.165, 1.54) is 11.3 Å². The first-order valence-electron chi connectivity index (χ1n) is 4.92. The van der Waals surface area contributed by atoms with Gasteiger partial charge >= 0.3 is 0 Å². The summed E-state index contributed by atoms with van der Waals surface area (Å²) in [4.78, 5) is 15.9. The standard InChI is InChI=1S/C9H11N5O2S/c1-4(2)5-3-17-9(11-5)12-8(15)6-7(10)14-16-13-6/h3-4H,1-2H3,(H2,10,14)(H,11,12,15). The zero-order valence-corrected chi connectivity index (χ0v) is 10.1. The highest BCUT2D eigenvalue weighted by molar-refractivity contribution is 7.14. The molecule has 1 amide bonds. The molecule has 0 spiro atoms. The summed E-state index contributed by atoms with van der Waals surface area (Å²) in [6, 6.07) is 0. The molecule has 8 heteroatoms. The van der Waals surface area contributed by atoms with Crippen molar-refractivity contribution in [3.05, 3.63) is 16.8 Å². The Morgan fingerprint density at radius 1 is 1.53 bits per heavy atom. The minimum atomic E-state index is -0.478. The molecule has 17 heavy (non-hydrogen) atoms. The molecule has 90 valence electrons.